The second-order valence-electron chi connectivity index (χ2n) is 3.97. The average Bonchev–Trinajstić information content (AvgIpc) is 2.53. The molecule has 0 unspecified atom stereocenters. The Morgan fingerprint density at radius 3 is 2.55 bits per heavy atom. The molecule has 6 nitrogen and oxygen atoms in total. The standard InChI is InChI=1S/C14H15N3O3/c1-19-13-6-5-12(9-17-13)16-8-11-4-3-10(7-15-11)14(18)20-2/h3-7,9,16H,8H2,1-2H3. The van der Waals surface area contributed by atoms with Crippen molar-refractivity contribution in [3.8, 4) is 5.88 Å². The van der Waals surface area contributed by atoms with Gasteiger partial charge in [0.15, 0.2) is 0 Å². The van der Waals surface area contributed by atoms with Gasteiger partial charge in [-0.15, -0.1) is 0 Å². The highest BCUT2D eigenvalue weighted by Gasteiger charge is 2.05. The van der Waals surface area contributed by atoms with Crippen molar-refractivity contribution in [2.24, 2.45) is 0 Å². The first-order valence-electron chi connectivity index (χ1n) is 6.00. The first kappa shape index (κ1) is 13.8. The molecule has 0 fully saturated rings. The summed E-state index contributed by atoms with van der Waals surface area (Å²) in [6.07, 6.45) is 3.18. The third-order valence-corrected chi connectivity index (χ3v) is 2.66. The monoisotopic (exact) mass is 273 g/mol. The van der Waals surface area contributed by atoms with Gasteiger partial charge in [0.05, 0.1) is 43.9 Å². The van der Waals surface area contributed by atoms with Gasteiger partial charge < -0.3 is 14.8 Å². The number of carbonyl (C=O) groups excluding carboxylic acids is 1. The third kappa shape index (κ3) is 3.44. The van der Waals surface area contributed by atoms with E-state index in [0.29, 0.717) is 18.0 Å². The summed E-state index contributed by atoms with van der Waals surface area (Å²) in [5, 5.41) is 3.18. The lowest BCUT2D eigenvalue weighted by Gasteiger charge is -2.06. The Morgan fingerprint density at radius 1 is 1.15 bits per heavy atom. The summed E-state index contributed by atoms with van der Waals surface area (Å²) in [5.74, 6) is 0.174. The minimum absolute atomic E-state index is 0.392. The lowest BCUT2D eigenvalue weighted by atomic mass is 10.2. The molecule has 20 heavy (non-hydrogen) atoms. The fourth-order valence-electron chi connectivity index (χ4n) is 1.57. The molecule has 0 aliphatic carbocycles. The van der Waals surface area contributed by atoms with Crippen molar-refractivity contribution in [1.29, 1.82) is 0 Å². The van der Waals surface area contributed by atoms with Gasteiger partial charge >= 0.3 is 5.97 Å². The maximum atomic E-state index is 11.3. The molecule has 0 aliphatic heterocycles. The summed E-state index contributed by atoms with van der Waals surface area (Å²) in [7, 11) is 2.91. The zero-order chi connectivity index (χ0) is 14.4. The fraction of sp³-hybridized carbons (Fsp3) is 0.214. The van der Waals surface area contributed by atoms with Gasteiger partial charge in [-0.25, -0.2) is 9.78 Å². The summed E-state index contributed by atoms with van der Waals surface area (Å²) in [6, 6.07) is 7.10. The van der Waals surface area contributed by atoms with E-state index in [1.807, 2.05) is 6.07 Å². The number of carbonyl (C=O) groups is 1. The largest absolute Gasteiger partial charge is 0.481 e. The fourth-order valence-corrected chi connectivity index (χ4v) is 1.57. The van der Waals surface area contributed by atoms with E-state index in [-0.39, 0.29) is 0 Å². The van der Waals surface area contributed by atoms with Crippen LogP contribution >= 0.6 is 0 Å². The Morgan fingerprint density at radius 2 is 2.00 bits per heavy atom. The molecular formula is C14H15N3O3. The molecule has 0 amide bonds. The van der Waals surface area contributed by atoms with Gasteiger partial charge in [0.1, 0.15) is 0 Å². The molecule has 104 valence electrons. The van der Waals surface area contributed by atoms with Crippen LogP contribution in [-0.4, -0.2) is 30.2 Å². The van der Waals surface area contributed by atoms with Crippen molar-refractivity contribution in [3.05, 3.63) is 47.9 Å². The molecule has 1 N–H and O–H groups in total. The van der Waals surface area contributed by atoms with Crippen molar-refractivity contribution < 1.29 is 14.3 Å². The predicted molar refractivity (Wildman–Crippen MR) is 73.7 cm³/mol. The number of pyridine rings is 2. The number of hydrogen-bond donors (Lipinski definition) is 1. The number of hydrogen-bond acceptors (Lipinski definition) is 6. The van der Waals surface area contributed by atoms with E-state index in [1.54, 1.807) is 31.5 Å². The van der Waals surface area contributed by atoms with Crippen molar-refractivity contribution in [2.45, 2.75) is 6.54 Å². The molecule has 0 aromatic carbocycles. The third-order valence-electron chi connectivity index (χ3n) is 2.66. The van der Waals surface area contributed by atoms with E-state index in [0.717, 1.165) is 11.4 Å². The van der Waals surface area contributed by atoms with E-state index < -0.39 is 5.97 Å². The lowest BCUT2D eigenvalue weighted by Crippen LogP contribution is -2.05. The van der Waals surface area contributed by atoms with Crippen molar-refractivity contribution in [1.82, 2.24) is 9.97 Å². The Kier molecular flexibility index (Phi) is 4.49. The number of nitrogens with zero attached hydrogens (tertiary/aromatic N) is 2. The van der Waals surface area contributed by atoms with Crippen LogP contribution in [0.3, 0.4) is 0 Å². The molecule has 0 radical (unpaired) electrons. The van der Waals surface area contributed by atoms with Crippen LogP contribution in [-0.2, 0) is 11.3 Å². The van der Waals surface area contributed by atoms with Crippen molar-refractivity contribution in [2.75, 3.05) is 19.5 Å². The summed E-state index contributed by atoms with van der Waals surface area (Å²) in [5.41, 5.74) is 2.11. The molecule has 0 bridgehead atoms. The molecule has 2 rings (SSSR count). The van der Waals surface area contributed by atoms with E-state index in [1.165, 1.54) is 13.3 Å². The highest BCUT2D eigenvalue weighted by molar-refractivity contribution is 5.88. The molecule has 0 saturated carbocycles. The number of rotatable bonds is 5. The van der Waals surface area contributed by atoms with E-state index in [2.05, 4.69) is 20.0 Å². The van der Waals surface area contributed by atoms with E-state index >= 15 is 0 Å². The van der Waals surface area contributed by atoms with Gasteiger partial charge in [-0.05, 0) is 18.2 Å². The second-order valence-corrected chi connectivity index (χ2v) is 3.97. The van der Waals surface area contributed by atoms with Crippen LogP contribution in [0, 0.1) is 0 Å². The van der Waals surface area contributed by atoms with Crippen LogP contribution in [0.25, 0.3) is 0 Å². The smallest absolute Gasteiger partial charge is 0.339 e. The summed E-state index contributed by atoms with van der Waals surface area (Å²) in [4.78, 5) is 19.5. The molecule has 0 atom stereocenters. The molecule has 2 aromatic heterocycles. The first-order chi connectivity index (χ1) is 9.72. The van der Waals surface area contributed by atoms with E-state index in [4.69, 9.17) is 4.74 Å². The number of ether oxygens (including phenoxy) is 2. The average molecular weight is 273 g/mol. The van der Waals surface area contributed by atoms with Gasteiger partial charge in [0, 0.05) is 12.3 Å². The van der Waals surface area contributed by atoms with Gasteiger partial charge in [0.25, 0.3) is 0 Å². The van der Waals surface area contributed by atoms with Gasteiger partial charge in [-0.1, -0.05) is 0 Å². The van der Waals surface area contributed by atoms with Crippen molar-refractivity contribution in [3.63, 3.8) is 0 Å². The molecule has 0 spiro atoms. The van der Waals surface area contributed by atoms with Crippen LogP contribution in [0.15, 0.2) is 36.7 Å². The highest BCUT2D eigenvalue weighted by atomic mass is 16.5. The first-order valence-corrected chi connectivity index (χ1v) is 6.00. The predicted octanol–water partition coefficient (Wildman–Crippen LogP) is 1.88. The van der Waals surface area contributed by atoms with Crippen LogP contribution in [0.2, 0.25) is 0 Å². The molecule has 0 saturated heterocycles. The molecule has 0 aliphatic rings. The lowest BCUT2D eigenvalue weighted by molar-refractivity contribution is 0.0600. The highest BCUT2D eigenvalue weighted by Crippen LogP contribution is 2.12. The Hall–Kier alpha value is -2.63. The Labute approximate surface area is 116 Å². The number of nitrogens with one attached hydrogen (secondary N) is 1. The topological polar surface area (TPSA) is 73.3 Å². The normalized spacial score (nSPS) is 9.90. The number of anilines is 1. The van der Waals surface area contributed by atoms with Gasteiger partial charge in [-0.2, -0.15) is 0 Å². The molecule has 2 aromatic rings. The van der Waals surface area contributed by atoms with E-state index in [9.17, 15) is 4.79 Å². The van der Waals surface area contributed by atoms with Crippen molar-refractivity contribution >= 4 is 11.7 Å². The summed E-state index contributed by atoms with van der Waals surface area (Å²) < 4.78 is 9.60. The maximum Gasteiger partial charge on any atom is 0.339 e. The number of aromatic nitrogens is 2. The zero-order valence-corrected chi connectivity index (χ0v) is 11.3. The molecule has 2 heterocycles. The minimum atomic E-state index is -0.392. The minimum Gasteiger partial charge on any atom is -0.481 e. The van der Waals surface area contributed by atoms with Crippen LogP contribution in [0.5, 0.6) is 5.88 Å². The molecular weight excluding hydrogens is 258 g/mol. The van der Waals surface area contributed by atoms with Gasteiger partial charge in [0.2, 0.25) is 5.88 Å². The Bertz CT molecular complexity index is 567. The SMILES string of the molecule is COC(=O)c1ccc(CNc2ccc(OC)nc2)nc1. The van der Waals surface area contributed by atoms with Crippen LogP contribution < -0.4 is 10.1 Å². The van der Waals surface area contributed by atoms with Crippen LogP contribution in [0.4, 0.5) is 5.69 Å². The number of methoxy groups -OCH3 is 2. The number of esters is 1. The Balaban J connectivity index is 1.94. The second kappa shape index (κ2) is 6.51. The maximum absolute atomic E-state index is 11.3. The van der Waals surface area contributed by atoms with Gasteiger partial charge in [-0.3, -0.25) is 4.98 Å². The van der Waals surface area contributed by atoms with Crippen LogP contribution in [0.1, 0.15) is 16.1 Å². The molecule has 6 heteroatoms. The summed E-state index contributed by atoms with van der Waals surface area (Å²) in [6.45, 7) is 0.537. The quantitative estimate of drug-likeness (QED) is 0.838. The zero-order valence-electron chi connectivity index (χ0n) is 11.3. The summed E-state index contributed by atoms with van der Waals surface area (Å²) >= 11 is 0.